The average molecular weight is 554 g/mol. The molecule has 3 aromatic carbocycles. The normalized spacial score (nSPS) is 16.9. The molecule has 6 nitrogen and oxygen atoms in total. The molecule has 3 aliphatic rings. The molecule has 0 unspecified atom stereocenters. The largest absolute Gasteiger partial charge is 0.378 e. The Bertz CT molecular complexity index is 1790. The third-order valence-electron chi connectivity index (χ3n) is 9.45. The quantitative estimate of drug-likeness (QED) is 0.240. The number of anilines is 3. The number of hydrogen-bond donors (Lipinski definition) is 1. The molecule has 210 valence electrons. The number of ether oxygens (including phenoxy) is 1. The minimum Gasteiger partial charge on any atom is -0.378 e. The van der Waals surface area contributed by atoms with Gasteiger partial charge in [-0.25, -0.2) is 9.97 Å². The van der Waals surface area contributed by atoms with E-state index in [1.165, 1.54) is 41.6 Å². The van der Waals surface area contributed by atoms with E-state index in [1.807, 2.05) is 12.3 Å². The first-order valence-corrected chi connectivity index (χ1v) is 15.1. The Labute approximate surface area is 247 Å². The zero-order valence-electron chi connectivity index (χ0n) is 24.2. The number of rotatable bonds is 4. The third-order valence-corrected chi connectivity index (χ3v) is 9.45. The van der Waals surface area contributed by atoms with E-state index in [0.717, 1.165) is 71.8 Å². The Kier molecular flexibility index (Phi) is 5.93. The van der Waals surface area contributed by atoms with E-state index < -0.39 is 0 Å². The molecule has 4 heterocycles. The molecule has 0 atom stereocenters. The van der Waals surface area contributed by atoms with Crippen LogP contribution in [0.2, 0.25) is 0 Å². The molecule has 0 amide bonds. The number of nitrogens with one attached hydrogen (secondary N) is 1. The van der Waals surface area contributed by atoms with Gasteiger partial charge in [0.1, 0.15) is 5.82 Å². The summed E-state index contributed by atoms with van der Waals surface area (Å²) < 4.78 is 7.89. The fourth-order valence-corrected chi connectivity index (χ4v) is 7.01. The molecule has 1 N–H and O–H groups in total. The van der Waals surface area contributed by atoms with E-state index in [4.69, 9.17) is 14.7 Å². The van der Waals surface area contributed by atoms with E-state index in [0.29, 0.717) is 0 Å². The Balaban J connectivity index is 1.36. The van der Waals surface area contributed by atoms with Crippen LogP contribution >= 0.6 is 0 Å². The zero-order valence-corrected chi connectivity index (χ0v) is 24.2. The van der Waals surface area contributed by atoms with Crippen molar-refractivity contribution < 1.29 is 4.74 Å². The molecule has 1 aliphatic carbocycles. The molecule has 1 saturated carbocycles. The number of benzene rings is 3. The van der Waals surface area contributed by atoms with Crippen LogP contribution in [-0.2, 0) is 10.2 Å². The van der Waals surface area contributed by atoms with Gasteiger partial charge in [0, 0.05) is 41.7 Å². The van der Waals surface area contributed by atoms with Crippen molar-refractivity contribution in [2.24, 2.45) is 0 Å². The van der Waals surface area contributed by atoms with E-state index in [-0.39, 0.29) is 5.41 Å². The molecule has 2 fully saturated rings. The van der Waals surface area contributed by atoms with E-state index >= 15 is 0 Å². The molecule has 0 spiro atoms. The highest BCUT2D eigenvalue weighted by molar-refractivity contribution is 5.91. The minimum absolute atomic E-state index is 0.286. The van der Waals surface area contributed by atoms with Crippen LogP contribution < -0.4 is 10.2 Å². The van der Waals surface area contributed by atoms with Crippen molar-refractivity contribution in [3.63, 3.8) is 0 Å². The smallest absolute Gasteiger partial charge is 0.154 e. The van der Waals surface area contributed by atoms with Crippen LogP contribution in [-0.4, -0.2) is 40.8 Å². The number of aromatic nitrogens is 3. The van der Waals surface area contributed by atoms with Crippen molar-refractivity contribution in [2.45, 2.75) is 38.5 Å². The Hall–Kier alpha value is -4.42. The van der Waals surface area contributed by atoms with Crippen LogP contribution in [0.1, 0.15) is 37.3 Å². The number of pyridine rings is 1. The highest BCUT2D eigenvalue weighted by Crippen LogP contribution is 2.47. The molecule has 1 saturated heterocycles. The first kappa shape index (κ1) is 25.3. The fraction of sp³-hybridized carbons (Fsp3) is 0.278. The van der Waals surface area contributed by atoms with Crippen molar-refractivity contribution in [2.75, 3.05) is 36.5 Å². The van der Waals surface area contributed by atoms with Gasteiger partial charge in [0.25, 0.3) is 0 Å². The summed E-state index contributed by atoms with van der Waals surface area (Å²) in [6, 6.07) is 28.5. The zero-order chi connectivity index (χ0) is 28.3. The summed E-state index contributed by atoms with van der Waals surface area (Å²) in [5.74, 6) is 1.74. The number of aryl methyl sites for hydroxylation is 1. The van der Waals surface area contributed by atoms with Crippen molar-refractivity contribution in [1.82, 2.24) is 14.5 Å². The standard InChI is InChI=1S/C36H35N5O/c1-24-23-26(12-15-29(24)36(2)16-6-17-36)33-32(25-10-13-27(14-11-25)40-19-21-42-22-20-40)39-35-28-7-3-4-8-30(28)38-34-31(41(33)35)9-5-18-37-34/h3-5,7-15,18,23H,6,16-17,19-22H2,1-2H3,(H,37,38). The maximum absolute atomic E-state index is 5.58. The van der Waals surface area contributed by atoms with E-state index in [9.17, 15) is 0 Å². The van der Waals surface area contributed by atoms with Gasteiger partial charge in [0.05, 0.1) is 36.0 Å². The lowest BCUT2D eigenvalue weighted by molar-refractivity contribution is 0.122. The summed E-state index contributed by atoms with van der Waals surface area (Å²) in [5, 5.41) is 3.59. The van der Waals surface area contributed by atoms with Gasteiger partial charge < -0.3 is 15.0 Å². The van der Waals surface area contributed by atoms with E-state index in [1.54, 1.807) is 0 Å². The summed E-state index contributed by atoms with van der Waals surface area (Å²) in [4.78, 5) is 12.6. The van der Waals surface area contributed by atoms with Crippen LogP contribution in [0, 0.1) is 6.92 Å². The number of imidazole rings is 1. The topological polar surface area (TPSA) is 55.2 Å². The average Bonchev–Trinajstić information content (AvgIpc) is 3.35. The highest BCUT2D eigenvalue weighted by Gasteiger charge is 2.35. The number of morpholine rings is 1. The number of nitrogens with zero attached hydrogens (tertiary/aromatic N) is 4. The van der Waals surface area contributed by atoms with Crippen LogP contribution in [0.15, 0.2) is 85.1 Å². The van der Waals surface area contributed by atoms with E-state index in [2.05, 4.69) is 101 Å². The lowest BCUT2D eigenvalue weighted by Gasteiger charge is -2.40. The van der Waals surface area contributed by atoms with Gasteiger partial charge in [-0.05, 0) is 78.8 Å². The summed E-state index contributed by atoms with van der Waals surface area (Å²) in [7, 11) is 0. The predicted octanol–water partition coefficient (Wildman–Crippen LogP) is 7.91. The Morgan fingerprint density at radius 3 is 2.43 bits per heavy atom. The second-order valence-corrected chi connectivity index (χ2v) is 12.1. The van der Waals surface area contributed by atoms with Gasteiger partial charge in [-0.15, -0.1) is 0 Å². The van der Waals surface area contributed by atoms with Crippen LogP contribution in [0.5, 0.6) is 0 Å². The predicted molar refractivity (Wildman–Crippen MR) is 170 cm³/mol. The molecule has 6 heteroatoms. The molecule has 2 aliphatic heterocycles. The number of hydrogen-bond acceptors (Lipinski definition) is 5. The monoisotopic (exact) mass is 553 g/mol. The molecule has 42 heavy (non-hydrogen) atoms. The van der Waals surface area contributed by atoms with Crippen LogP contribution in [0.3, 0.4) is 0 Å². The summed E-state index contributed by atoms with van der Waals surface area (Å²) >= 11 is 0. The first-order chi connectivity index (χ1) is 20.6. The van der Waals surface area contributed by atoms with Gasteiger partial charge in [-0.2, -0.15) is 0 Å². The molecule has 5 aromatic rings. The number of fused-ring (bicyclic) bond motifs is 5. The molecule has 2 aromatic heterocycles. The summed E-state index contributed by atoms with van der Waals surface area (Å²) in [5.41, 5.74) is 11.7. The van der Waals surface area contributed by atoms with Gasteiger partial charge >= 0.3 is 0 Å². The van der Waals surface area contributed by atoms with Crippen molar-refractivity contribution in [1.29, 1.82) is 0 Å². The fourth-order valence-electron chi connectivity index (χ4n) is 7.01. The Morgan fingerprint density at radius 1 is 0.881 bits per heavy atom. The Morgan fingerprint density at radius 2 is 1.67 bits per heavy atom. The maximum Gasteiger partial charge on any atom is 0.154 e. The van der Waals surface area contributed by atoms with Crippen molar-refractivity contribution in [3.8, 4) is 39.6 Å². The van der Waals surface area contributed by atoms with Crippen LogP contribution in [0.25, 0.3) is 39.6 Å². The van der Waals surface area contributed by atoms with Gasteiger partial charge in [-0.3, -0.25) is 4.57 Å². The summed E-state index contributed by atoms with van der Waals surface area (Å²) in [6.07, 6.45) is 5.68. The SMILES string of the molecule is Cc1cc(-c2c(-c3ccc(N4CCOCC4)cc3)nc3n2-c2cccnc2Nc2ccccc2-3)ccc1C1(C)CCC1. The van der Waals surface area contributed by atoms with Gasteiger partial charge in [0.2, 0.25) is 0 Å². The molecule has 0 bridgehead atoms. The maximum atomic E-state index is 5.58. The third kappa shape index (κ3) is 4.04. The van der Waals surface area contributed by atoms with Gasteiger partial charge in [-0.1, -0.05) is 49.7 Å². The lowest BCUT2D eigenvalue weighted by atomic mass is 9.65. The lowest BCUT2D eigenvalue weighted by Crippen LogP contribution is -2.36. The van der Waals surface area contributed by atoms with Crippen molar-refractivity contribution >= 4 is 17.2 Å². The van der Waals surface area contributed by atoms with Gasteiger partial charge in [0.15, 0.2) is 5.82 Å². The molecule has 8 rings (SSSR count). The van der Waals surface area contributed by atoms with Crippen molar-refractivity contribution in [3.05, 3.63) is 96.2 Å². The second-order valence-electron chi connectivity index (χ2n) is 12.1. The number of para-hydroxylation sites is 1. The van der Waals surface area contributed by atoms with Crippen LogP contribution in [0.4, 0.5) is 17.2 Å². The first-order valence-electron chi connectivity index (χ1n) is 15.1. The molecular formula is C36H35N5O. The highest BCUT2D eigenvalue weighted by atomic mass is 16.5. The summed E-state index contributed by atoms with van der Waals surface area (Å²) in [6.45, 7) is 8.06. The molecular weight excluding hydrogens is 518 g/mol. The second kappa shape index (κ2) is 9.85. The minimum atomic E-state index is 0.286. The molecule has 0 radical (unpaired) electrons.